The largest absolute Gasteiger partial charge is 0.305 e. The monoisotopic (exact) mass is 319 g/mol. The average Bonchev–Trinajstić information content (AvgIpc) is 2.34. The first kappa shape index (κ1) is 14.1. The van der Waals surface area contributed by atoms with Crippen LogP contribution in [-0.4, -0.2) is 4.92 Å². The second kappa shape index (κ2) is 5.33. The minimum Gasteiger partial charge on any atom is -0.258 e. The van der Waals surface area contributed by atoms with Gasteiger partial charge in [0.15, 0.2) is 0 Å². The van der Waals surface area contributed by atoms with Gasteiger partial charge in [-0.1, -0.05) is 46.9 Å². The van der Waals surface area contributed by atoms with Crippen LogP contribution in [0.5, 0.6) is 0 Å². The lowest BCUT2D eigenvalue weighted by Gasteiger charge is -2.08. The van der Waals surface area contributed by atoms with Crippen LogP contribution in [0, 0.1) is 15.9 Å². The van der Waals surface area contributed by atoms with Crippen LogP contribution in [-0.2, 0) is 0 Å². The molecule has 0 saturated carbocycles. The van der Waals surface area contributed by atoms with Gasteiger partial charge in [-0.15, -0.1) is 0 Å². The summed E-state index contributed by atoms with van der Waals surface area (Å²) in [5.41, 5.74) is -0.450. The Balaban J connectivity index is 2.73. The van der Waals surface area contributed by atoms with Crippen molar-refractivity contribution in [3.63, 3.8) is 0 Å². The van der Waals surface area contributed by atoms with Crippen LogP contribution in [0.15, 0.2) is 30.3 Å². The molecule has 0 atom stereocenters. The molecule has 0 N–H and O–H groups in total. The second-order valence-electron chi connectivity index (χ2n) is 3.64. The molecule has 7 heteroatoms. The van der Waals surface area contributed by atoms with E-state index < -0.39 is 16.4 Å². The molecule has 0 bridgehead atoms. The zero-order valence-electron chi connectivity index (χ0n) is 9.16. The van der Waals surface area contributed by atoms with Gasteiger partial charge in [-0.3, -0.25) is 10.1 Å². The minimum absolute atomic E-state index is 0.0244. The summed E-state index contributed by atoms with van der Waals surface area (Å²) >= 11 is 17.7. The summed E-state index contributed by atoms with van der Waals surface area (Å²) in [6.07, 6.45) is 0. The third kappa shape index (κ3) is 2.66. The Kier molecular flexibility index (Phi) is 3.94. The maximum absolute atomic E-state index is 14.1. The summed E-state index contributed by atoms with van der Waals surface area (Å²) in [7, 11) is 0. The van der Waals surface area contributed by atoms with Gasteiger partial charge in [0.1, 0.15) is 0 Å². The maximum Gasteiger partial charge on any atom is 0.305 e. The molecule has 0 amide bonds. The average molecular weight is 321 g/mol. The maximum atomic E-state index is 14.1. The quantitative estimate of drug-likeness (QED) is 0.424. The highest BCUT2D eigenvalue weighted by molar-refractivity contribution is 6.45. The fraction of sp³-hybridized carbons (Fsp3) is 0. The van der Waals surface area contributed by atoms with Gasteiger partial charge in [0.05, 0.1) is 15.0 Å². The summed E-state index contributed by atoms with van der Waals surface area (Å²) < 4.78 is 14.1. The molecule has 2 aromatic carbocycles. The van der Waals surface area contributed by atoms with E-state index in [0.29, 0.717) is 0 Å². The van der Waals surface area contributed by atoms with Gasteiger partial charge in [-0.05, 0) is 12.1 Å². The summed E-state index contributed by atoms with van der Waals surface area (Å²) in [5.74, 6) is -0.979. The van der Waals surface area contributed by atoms with Crippen LogP contribution in [0.1, 0.15) is 0 Å². The van der Waals surface area contributed by atoms with Gasteiger partial charge in [-0.25, -0.2) is 0 Å². The van der Waals surface area contributed by atoms with Crippen LogP contribution in [0.4, 0.5) is 10.1 Å². The van der Waals surface area contributed by atoms with Crippen LogP contribution in [0.2, 0.25) is 15.1 Å². The van der Waals surface area contributed by atoms with E-state index in [0.717, 1.165) is 6.07 Å². The summed E-state index contributed by atoms with van der Waals surface area (Å²) in [5, 5.41) is 11.2. The number of halogens is 4. The van der Waals surface area contributed by atoms with Crippen molar-refractivity contribution in [1.29, 1.82) is 0 Å². The molecule has 0 aromatic heterocycles. The Bertz CT molecular complexity index is 676. The molecule has 2 aromatic rings. The molecule has 98 valence electrons. The van der Waals surface area contributed by atoms with Gasteiger partial charge in [0.25, 0.3) is 0 Å². The number of nitro benzene ring substituents is 1. The molecule has 19 heavy (non-hydrogen) atoms. The third-order valence-corrected chi connectivity index (χ3v) is 3.48. The predicted molar refractivity (Wildman–Crippen MR) is 73.5 cm³/mol. The van der Waals surface area contributed by atoms with Crippen molar-refractivity contribution >= 4 is 40.5 Å². The molecule has 0 unspecified atom stereocenters. The first-order valence-electron chi connectivity index (χ1n) is 4.99. The first-order valence-corrected chi connectivity index (χ1v) is 6.13. The highest BCUT2D eigenvalue weighted by Gasteiger charge is 2.20. The van der Waals surface area contributed by atoms with Crippen molar-refractivity contribution in [2.45, 2.75) is 0 Å². The number of nitro groups is 1. The van der Waals surface area contributed by atoms with E-state index in [2.05, 4.69) is 0 Å². The van der Waals surface area contributed by atoms with Crippen molar-refractivity contribution < 1.29 is 9.31 Å². The van der Waals surface area contributed by atoms with Gasteiger partial charge >= 0.3 is 5.69 Å². The summed E-state index contributed by atoms with van der Waals surface area (Å²) in [6, 6.07) is 6.61. The molecule has 2 rings (SSSR count). The van der Waals surface area contributed by atoms with E-state index >= 15 is 0 Å². The van der Waals surface area contributed by atoms with Crippen molar-refractivity contribution in [3.8, 4) is 11.1 Å². The molecule has 0 aliphatic carbocycles. The van der Waals surface area contributed by atoms with Crippen molar-refractivity contribution in [3.05, 3.63) is 61.3 Å². The molecule has 0 heterocycles. The summed E-state index contributed by atoms with van der Waals surface area (Å²) in [6.45, 7) is 0. The zero-order chi connectivity index (χ0) is 14.2. The molecule has 0 aliphatic heterocycles. The lowest BCUT2D eigenvalue weighted by atomic mass is 10.0. The van der Waals surface area contributed by atoms with E-state index in [4.69, 9.17) is 34.8 Å². The first-order chi connectivity index (χ1) is 8.91. The van der Waals surface area contributed by atoms with Crippen LogP contribution in [0.3, 0.4) is 0 Å². The van der Waals surface area contributed by atoms with E-state index in [1.165, 1.54) is 24.3 Å². The highest BCUT2D eigenvalue weighted by Crippen LogP contribution is 2.39. The standard InChI is InChI=1S/C12H5Cl3FNO2/c13-6-4-8(11(15)9(14)5-6)7-2-1-3-10(12(7)16)17(18)19/h1-5H. The molecular weight excluding hydrogens is 315 g/mol. The molecular formula is C12H5Cl3FNO2. The zero-order valence-corrected chi connectivity index (χ0v) is 11.4. The van der Waals surface area contributed by atoms with E-state index in [9.17, 15) is 14.5 Å². The second-order valence-corrected chi connectivity index (χ2v) is 4.87. The molecule has 0 aliphatic rings. The summed E-state index contributed by atoms with van der Waals surface area (Å²) in [4.78, 5) is 9.90. The van der Waals surface area contributed by atoms with Gasteiger partial charge in [0, 0.05) is 22.2 Å². The molecule has 0 fully saturated rings. The number of rotatable bonds is 2. The third-order valence-electron chi connectivity index (χ3n) is 2.46. The topological polar surface area (TPSA) is 43.1 Å². The van der Waals surface area contributed by atoms with E-state index in [-0.39, 0.29) is 26.2 Å². The molecule has 0 spiro atoms. The van der Waals surface area contributed by atoms with Crippen LogP contribution >= 0.6 is 34.8 Å². The van der Waals surface area contributed by atoms with Crippen molar-refractivity contribution in [1.82, 2.24) is 0 Å². The lowest BCUT2D eigenvalue weighted by Crippen LogP contribution is -1.95. The Morgan fingerprint density at radius 1 is 1.11 bits per heavy atom. The fourth-order valence-corrected chi connectivity index (χ4v) is 2.33. The lowest BCUT2D eigenvalue weighted by molar-refractivity contribution is -0.387. The van der Waals surface area contributed by atoms with Gasteiger partial charge in [-0.2, -0.15) is 4.39 Å². The molecule has 0 radical (unpaired) electrons. The van der Waals surface area contributed by atoms with Crippen LogP contribution < -0.4 is 0 Å². The fourth-order valence-electron chi connectivity index (χ4n) is 1.62. The number of benzene rings is 2. The van der Waals surface area contributed by atoms with E-state index in [1.54, 1.807) is 0 Å². The Hall–Kier alpha value is -1.36. The Morgan fingerprint density at radius 3 is 2.42 bits per heavy atom. The predicted octanol–water partition coefficient (Wildman–Crippen LogP) is 5.36. The normalized spacial score (nSPS) is 10.5. The van der Waals surface area contributed by atoms with Gasteiger partial charge < -0.3 is 0 Å². The molecule has 0 saturated heterocycles. The smallest absolute Gasteiger partial charge is 0.258 e. The Labute approximate surface area is 122 Å². The van der Waals surface area contributed by atoms with Crippen LogP contribution in [0.25, 0.3) is 11.1 Å². The number of hydrogen-bond acceptors (Lipinski definition) is 2. The number of nitrogens with zero attached hydrogens (tertiary/aromatic N) is 1. The Morgan fingerprint density at radius 2 is 1.79 bits per heavy atom. The SMILES string of the molecule is O=[N+]([O-])c1cccc(-c2cc(Cl)cc(Cl)c2Cl)c1F. The highest BCUT2D eigenvalue weighted by atomic mass is 35.5. The molecule has 3 nitrogen and oxygen atoms in total. The van der Waals surface area contributed by atoms with Crippen molar-refractivity contribution in [2.75, 3.05) is 0 Å². The minimum atomic E-state index is -0.979. The van der Waals surface area contributed by atoms with E-state index in [1.807, 2.05) is 0 Å². The number of hydrogen-bond donors (Lipinski definition) is 0. The van der Waals surface area contributed by atoms with Crippen molar-refractivity contribution in [2.24, 2.45) is 0 Å². The van der Waals surface area contributed by atoms with Gasteiger partial charge in [0.2, 0.25) is 5.82 Å².